The van der Waals surface area contributed by atoms with Crippen molar-refractivity contribution in [3.8, 4) is 11.5 Å². The van der Waals surface area contributed by atoms with E-state index in [0.29, 0.717) is 5.75 Å². The van der Waals surface area contributed by atoms with E-state index in [2.05, 4.69) is 0 Å². The van der Waals surface area contributed by atoms with Crippen molar-refractivity contribution in [2.75, 3.05) is 7.11 Å². The second-order valence-electron chi connectivity index (χ2n) is 2.18. The van der Waals surface area contributed by atoms with E-state index in [1.807, 2.05) is 26.8 Å². The Labute approximate surface area is 73.8 Å². The Balaban J connectivity index is 0.000000561. The summed E-state index contributed by atoms with van der Waals surface area (Å²) in [7, 11) is 1.53. The molecule has 68 valence electrons. The Hall–Kier alpha value is -1.18. The van der Waals surface area contributed by atoms with Crippen LogP contribution in [0, 0.1) is 6.92 Å². The minimum Gasteiger partial charge on any atom is -0.504 e. The van der Waals surface area contributed by atoms with Crippen molar-refractivity contribution in [3.05, 3.63) is 23.8 Å². The SMILES string of the molecule is CC.COc1ccc(C)cc1O. The van der Waals surface area contributed by atoms with Crippen LogP contribution in [0.15, 0.2) is 18.2 Å². The molecule has 0 heterocycles. The fraction of sp³-hybridized carbons (Fsp3) is 0.400. The van der Waals surface area contributed by atoms with Crippen molar-refractivity contribution in [1.29, 1.82) is 0 Å². The van der Waals surface area contributed by atoms with Gasteiger partial charge in [-0.25, -0.2) is 0 Å². The molecule has 12 heavy (non-hydrogen) atoms. The molecule has 0 fully saturated rings. The van der Waals surface area contributed by atoms with Crippen LogP contribution in [0.1, 0.15) is 19.4 Å². The molecule has 0 bridgehead atoms. The van der Waals surface area contributed by atoms with E-state index in [1.54, 1.807) is 12.1 Å². The van der Waals surface area contributed by atoms with Crippen LogP contribution in [0.25, 0.3) is 0 Å². The maximum atomic E-state index is 9.17. The summed E-state index contributed by atoms with van der Waals surface area (Å²) < 4.78 is 4.85. The van der Waals surface area contributed by atoms with Crippen molar-refractivity contribution < 1.29 is 9.84 Å². The highest BCUT2D eigenvalue weighted by Gasteiger charge is 1.97. The number of methoxy groups -OCH3 is 1. The van der Waals surface area contributed by atoms with Crippen LogP contribution in [-0.2, 0) is 0 Å². The van der Waals surface area contributed by atoms with Crippen LogP contribution in [-0.4, -0.2) is 12.2 Å². The van der Waals surface area contributed by atoms with Gasteiger partial charge in [-0.1, -0.05) is 19.9 Å². The molecular weight excluding hydrogens is 152 g/mol. The summed E-state index contributed by atoms with van der Waals surface area (Å²) in [6.07, 6.45) is 0. The predicted molar refractivity (Wildman–Crippen MR) is 50.7 cm³/mol. The molecule has 1 rings (SSSR count). The van der Waals surface area contributed by atoms with Crippen molar-refractivity contribution in [2.45, 2.75) is 20.8 Å². The first kappa shape index (κ1) is 10.8. The lowest BCUT2D eigenvalue weighted by Crippen LogP contribution is -1.82. The normalized spacial score (nSPS) is 8.33. The summed E-state index contributed by atoms with van der Waals surface area (Å²) in [5, 5.41) is 9.17. The predicted octanol–water partition coefficient (Wildman–Crippen LogP) is 2.74. The summed E-state index contributed by atoms with van der Waals surface area (Å²) in [4.78, 5) is 0. The monoisotopic (exact) mass is 168 g/mol. The third kappa shape index (κ3) is 2.82. The van der Waals surface area contributed by atoms with E-state index >= 15 is 0 Å². The third-order valence-electron chi connectivity index (χ3n) is 1.33. The van der Waals surface area contributed by atoms with Crippen LogP contribution in [0.3, 0.4) is 0 Å². The highest BCUT2D eigenvalue weighted by molar-refractivity contribution is 5.41. The van der Waals surface area contributed by atoms with Gasteiger partial charge in [-0.05, 0) is 24.6 Å². The van der Waals surface area contributed by atoms with Gasteiger partial charge in [0.05, 0.1) is 7.11 Å². The number of aryl methyl sites for hydroxylation is 1. The van der Waals surface area contributed by atoms with Crippen molar-refractivity contribution in [1.82, 2.24) is 0 Å². The van der Waals surface area contributed by atoms with Gasteiger partial charge in [0.25, 0.3) is 0 Å². The van der Waals surface area contributed by atoms with E-state index in [4.69, 9.17) is 9.84 Å². The molecule has 1 N–H and O–H groups in total. The largest absolute Gasteiger partial charge is 0.504 e. The first-order chi connectivity index (χ1) is 5.74. The average molecular weight is 168 g/mol. The summed E-state index contributed by atoms with van der Waals surface area (Å²) in [6, 6.07) is 5.29. The van der Waals surface area contributed by atoms with Gasteiger partial charge in [0.1, 0.15) is 0 Å². The number of hydrogen-bond acceptors (Lipinski definition) is 2. The molecule has 1 aromatic carbocycles. The number of ether oxygens (including phenoxy) is 1. The molecular formula is C10H16O2. The minimum atomic E-state index is 0.197. The molecule has 0 aliphatic heterocycles. The smallest absolute Gasteiger partial charge is 0.160 e. The zero-order valence-electron chi connectivity index (χ0n) is 8.09. The number of rotatable bonds is 1. The molecule has 0 saturated heterocycles. The molecule has 0 amide bonds. The Morgan fingerprint density at radius 3 is 2.25 bits per heavy atom. The van der Waals surface area contributed by atoms with Gasteiger partial charge in [0.15, 0.2) is 11.5 Å². The average Bonchev–Trinajstić information content (AvgIpc) is 2.08. The van der Waals surface area contributed by atoms with Gasteiger partial charge in [-0.15, -0.1) is 0 Å². The van der Waals surface area contributed by atoms with Crippen LogP contribution >= 0.6 is 0 Å². The Bertz CT molecular complexity index is 231. The van der Waals surface area contributed by atoms with Crippen LogP contribution in [0.4, 0.5) is 0 Å². The zero-order chi connectivity index (χ0) is 9.56. The maximum Gasteiger partial charge on any atom is 0.160 e. The topological polar surface area (TPSA) is 29.5 Å². The number of benzene rings is 1. The minimum absolute atomic E-state index is 0.197. The molecule has 0 atom stereocenters. The molecule has 2 nitrogen and oxygen atoms in total. The van der Waals surface area contributed by atoms with Crippen LogP contribution in [0.2, 0.25) is 0 Å². The molecule has 0 aromatic heterocycles. The maximum absolute atomic E-state index is 9.17. The van der Waals surface area contributed by atoms with E-state index in [-0.39, 0.29) is 5.75 Å². The van der Waals surface area contributed by atoms with E-state index in [1.165, 1.54) is 7.11 Å². The fourth-order valence-corrected chi connectivity index (χ4v) is 0.800. The van der Waals surface area contributed by atoms with Gasteiger partial charge >= 0.3 is 0 Å². The molecule has 0 spiro atoms. The molecule has 1 aromatic rings. The molecule has 2 heteroatoms. The molecule has 0 radical (unpaired) electrons. The van der Waals surface area contributed by atoms with Gasteiger partial charge in [0, 0.05) is 0 Å². The van der Waals surface area contributed by atoms with Gasteiger partial charge in [-0.3, -0.25) is 0 Å². The van der Waals surface area contributed by atoms with Gasteiger partial charge in [0.2, 0.25) is 0 Å². The zero-order valence-corrected chi connectivity index (χ0v) is 8.09. The highest BCUT2D eigenvalue weighted by Crippen LogP contribution is 2.25. The standard InChI is InChI=1S/C8H10O2.C2H6/c1-6-3-4-8(10-2)7(9)5-6;1-2/h3-5,9H,1-2H3;1-2H3. The van der Waals surface area contributed by atoms with E-state index < -0.39 is 0 Å². The third-order valence-corrected chi connectivity index (χ3v) is 1.33. The summed E-state index contributed by atoms with van der Waals surface area (Å²) in [5.41, 5.74) is 1.03. The Kier molecular flexibility index (Phi) is 4.93. The highest BCUT2D eigenvalue weighted by atomic mass is 16.5. The number of hydrogen-bond donors (Lipinski definition) is 1. The number of phenolic OH excluding ortho intramolecular Hbond substituents is 1. The van der Waals surface area contributed by atoms with Gasteiger partial charge < -0.3 is 9.84 Å². The Morgan fingerprint density at radius 2 is 1.83 bits per heavy atom. The Morgan fingerprint density at radius 1 is 1.25 bits per heavy atom. The quantitative estimate of drug-likeness (QED) is 0.698. The van der Waals surface area contributed by atoms with Crippen molar-refractivity contribution >= 4 is 0 Å². The van der Waals surface area contributed by atoms with Crippen molar-refractivity contribution in [2.24, 2.45) is 0 Å². The second kappa shape index (κ2) is 5.47. The van der Waals surface area contributed by atoms with E-state index in [0.717, 1.165) is 5.56 Å². The summed E-state index contributed by atoms with van der Waals surface area (Å²) in [5.74, 6) is 0.716. The van der Waals surface area contributed by atoms with E-state index in [9.17, 15) is 0 Å². The first-order valence-corrected chi connectivity index (χ1v) is 4.07. The fourth-order valence-electron chi connectivity index (χ4n) is 0.800. The first-order valence-electron chi connectivity index (χ1n) is 4.07. The molecule has 0 aliphatic carbocycles. The lowest BCUT2D eigenvalue weighted by Gasteiger charge is -2.01. The van der Waals surface area contributed by atoms with Crippen molar-refractivity contribution in [3.63, 3.8) is 0 Å². The van der Waals surface area contributed by atoms with Crippen LogP contribution < -0.4 is 4.74 Å². The molecule has 0 unspecified atom stereocenters. The lowest BCUT2D eigenvalue weighted by molar-refractivity contribution is 0.373. The lowest BCUT2D eigenvalue weighted by atomic mass is 10.2. The second-order valence-corrected chi connectivity index (χ2v) is 2.18. The molecule has 0 saturated carbocycles. The molecule has 0 aliphatic rings. The van der Waals surface area contributed by atoms with Crippen LogP contribution in [0.5, 0.6) is 11.5 Å². The van der Waals surface area contributed by atoms with Gasteiger partial charge in [-0.2, -0.15) is 0 Å². The number of phenols is 1. The summed E-state index contributed by atoms with van der Waals surface area (Å²) in [6.45, 7) is 5.92. The number of aromatic hydroxyl groups is 1. The summed E-state index contributed by atoms with van der Waals surface area (Å²) >= 11 is 0.